The van der Waals surface area contributed by atoms with Gasteiger partial charge in [0.05, 0.1) is 24.0 Å². The lowest BCUT2D eigenvalue weighted by Crippen LogP contribution is -2.48. The standard InChI is InChI=1S/C20H32N4O4S.HI/c1-4-21-20(24-14-6-7-17(15-24)19(25)28-5-2)22-12-13-23-29(26,27)18-10-8-16(3)9-11-18;/h8-11,17,23H,4-7,12-15H2,1-3H3,(H,21,22);1H. The molecule has 1 fully saturated rings. The van der Waals surface area contributed by atoms with E-state index in [4.69, 9.17) is 4.74 Å². The van der Waals surface area contributed by atoms with E-state index < -0.39 is 10.0 Å². The Morgan fingerprint density at radius 1 is 1.27 bits per heavy atom. The fourth-order valence-corrected chi connectivity index (χ4v) is 4.21. The topological polar surface area (TPSA) is 100 Å². The molecule has 0 amide bonds. The second-order valence-corrected chi connectivity index (χ2v) is 8.75. The number of nitrogens with one attached hydrogen (secondary N) is 2. The second-order valence-electron chi connectivity index (χ2n) is 6.98. The quantitative estimate of drug-likeness (QED) is 0.169. The molecule has 0 radical (unpaired) electrons. The van der Waals surface area contributed by atoms with Crippen molar-refractivity contribution in [3.63, 3.8) is 0 Å². The summed E-state index contributed by atoms with van der Waals surface area (Å²) in [7, 11) is -3.55. The van der Waals surface area contributed by atoms with Crippen molar-refractivity contribution in [3.05, 3.63) is 29.8 Å². The molecule has 1 unspecified atom stereocenters. The molecule has 1 aliphatic rings. The van der Waals surface area contributed by atoms with E-state index in [9.17, 15) is 13.2 Å². The number of carbonyl (C=O) groups excluding carboxylic acids is 1. The van der Waals surface area contributed by atoms with Crippen molar-refractivity contribution in [2.45, 2.75) is 38.5 Å². The summed E-state index contributed by atoms with van der Waals surface area (Å²) in [5.41, 5.74) is 1.01. The van der Waals surface area contributed by atoms with Crippen LogP contribution in [0.25, 0.3) is 0 Å². The van der Waals surface area contributed by atoms with E-state index in [1.807, 2.05) is 25.7 Å². The maximum atomic E-state index is 12.4. The molecule has 1 heterocycles. The highest BCUT2D eigenvalue weighted by Gasteiger charge is 2.28. The third kappa shape index (κ3) is 8.03. The van der Waals surface area contributed by atoms with Crippen LogP contribution in [0, 0.1) is 12.8 Å². The van der Waals surface area contributed by atoms with E-state index in [2.05, 4.69) is 15.0 Å². The van der Waals surface area contributed by atoms with Gasteiger partial charge in [-0.25, -0.2) is 13.1 Å². The summed E-state index contributed by atoms with van der Waals surface area (Å²) in [5.74, 6) is 0.363. The largest absolute Gasteiger partial charge is 0.466 e. The van der Waals surface area contributed by atoms with Crippen LogP contribution in [0.5, 0.6) is 0 Å². The molecule has 30 heavy (non-hydrogen) atoms. The van der Waals surface area contributed by atoms with Crippen LogP contribution >= 0.6 is 24.0 Å². The molecule has 2 rings (SSSR count). The van der Waals surface area contributed by atoms with Crippen molar-refractivity contribution in [2.75, 3.05) is 39.3 Å². The molecular weight excluding hydrogens is 519 g/mol. The van der Waals surface area contributed by atoms with E-state index in [1.54, 1.807) is 24.3 Å². The number of piperidine rings is 1. The van der Waals surface area contributed by atoms with E-state index in [-0.39, 0.29) is 47.3 Å². The number of hydrogen-bond acceptors (Lipinski definition) is 5. The Hall–Kier alpha value is -1.40. The van der Waals surface area contributed by atoms with Gasteiger partial charge in [-0.15, -0.1) is 24.0 Å². The number of hydrogen-bond donors (Lipinski definition) is 2. The average molecular weight is 552 g/mol. The maximum Gasteiger partial charge on any atom is 0.310 e. The van der Waals surface area contributed by atoms with Crippen molar-refractivity contribution in [2.24, 2.45) is 10.9 Å². The van der Waals surface area contributed by atoms with Crippen LogP contribution in [0.1, 0.15) is 32.3 Å². The van der Waals surface area contributed by atoms with Crippen LogP contribution in [-0.2, 0) is 19.6 Å². The monoisotopic (exact) mass is 552 g/mol. The molecule has 0 saturated carbocycles. The number of esters is 1. The minimum absolute atomic E-state index is 0. The summed E-state index contributed by atoms with van der Waals surface area (Å²) < 4.78 is 32.5. The number of halogens is 1. The van der Waals surface area contributed by atoms with E-state index in [1.165, 1.54) is 0 Å². The first-order valence-corrected chi connectivity index (χ1v) is 11.6. The van der Waals surface area contributed by atoms with Crippen LogP contribution < -0.4 is 10.0 Å². The first-order chi connectivity index (χ1) is 13.9. The molecule has 2 N–H and O–H groups in total. The smallest absolute Gasteiger partial charge is 0.310 e. The van der Waals surface area contributed by atoms with Crippen molar-refractivity contribution >= 4 is 45.9 Å². The predicted octanol–water partition coefficient (Wildman–Crippen LogP) is 2.13. The van der Waals surface area contributed by atoms with E-state index in [0.29, 0.717) is 32.2 Å². The Bertz CT molecular complexity index is 800. The maximum absolute atomic E-state index is 12.4. The molecule has 1 atom stereocenters. The molecule has 0 aromatic heterocycles. The number of benzene rings is 1. The molecule has 170 valence electrons. The van der Waals surface area contributed by atoms with Crippen molar-refractivity contribution in [1.82, 2.24) is 14.9 Å². The van der Waals surface area contributed by atoms with Crippen molar-refractivity contribution in [3.8, 4) is 0 Å². The number of rotatable bonds is 8. The van der Waals surface area contributed by atoms with Gasteiger partial charge < -0.3 is 15.0 Å². The molecule has 1 saturated heterocycles. The van der Waals surface area contributed by atoms with Gasteiger partial charge in [0, 0.05) is 26.2 Å². The van der Waals surface area contributed by atoms with Gasteiger partial charge in [0.1, 0.15) is 0 Å². The Morgan fingerprint density at radius 3 is 2.60 bits per heavy atom. The first-order valence-electron chi connectivity index (χ1n) is 10.1. The Kier molecular flexibility index (Phi) is 11.6. The van der Waals surface area contributed by atoms with Gasteiger partial charge in [0.2, 0.25) is 10.0 Å². The zero-order chi connectivity index (χ0) is 21.3. The lowest BCUT2D eigenvalue weighted by molar-refractivity contribution is -0.149. The van der Waals surface area contributed by atoms with Gasteiger partial charge in [-0.3, -0.25) is 9.79 Å². The van der Waals surface area contributed by atoms with Gasteiger partial charge in [-0.05, 0) is 45.7 Å². The average Bonchev–Trinajstić information content (AvgIpc) is 2.71. The SMILES string of the molecule is CCNC(=NCCNS(=O)(=O)c1ccc(C)cc1)N1CCCC(C(=O)OCC)C1.I. The Balaban J connectivity index is 0.00000450. The minimum atomic E-state index is -3.55. The first kappa shape index (κ1) is 26.6. The van der Waals surface area contributed by atoms with Gasteiger partial charge in [-0.1, -0.05) is 17.7 Å². The second kappa shape index (κ2) is 13.1. The number of guanidine groups is 1. The normalized spacial score (nSPS) is 17.2. The number of carbonyl (C=O) groups is 1. The molecule has 0 bridgehead atoms. The van der Waals surface area contributed by atoms with Gasteiger partial charge >= 0.3 is 5.97 Å². The highest BCUT2D eigenvalue weighted by molar-refractivity contribution is 14.0. The summed E-state index contributed by atoms with van der Waals surface area (Å²) in [4.78, 5) is 18.9. The van der Waals surface area contributed by atoms with Crippen LogP contribution in [0.2, 0.25) is 0 Å². The number of aliphatic imine (C=N–C) groups is 1. The molecule has 1 aromatic rings. The number of ether oxygens (including phenoxy) is 1. The number of aryl methyl sites for hydroxylation is 1. The zero-order valence-electron chi connectivity index (χ0n) is 17.9. The highest BCUT2D eigenvalue weighted by atomic mass is 127. The van der Waals surface area contributed by atoms with E-state index >= 15 is 0 Å². The summed E-state index contributed by atoms with van der Waals surface area (Å²) in [5, 5.41) is 3.23. The van der Waals surface area contributed by atoms with Crippen molar-refractivity contribution < 1.29 is 17.9 Å². The highest BCUT2D eigenvalue weighted by Crippen LogP contribution is 2.18. The summed E-state index contributed by atoms with van der Waals surface area (Å²) in [6.45, 7) is 8.61. The molecular formula is C20H33IN4O4S. The fraction of sp³-hybridized carbons (Fsp3) is 0.600. The van der Waals surface area contributed by atoms with Crippen LogP contribution in [0.3, 0.4) is 0 Å². The van der Waals surface area contributed by atoms with Crippen LogP contribution in [0.15, 0.2) is 34.2 Å². The Labute approximate surface area is 196 Å². The molecule has 0 aliphatic carbocycles. The van der Waals surface area contributed by atoms with Crippen LogP contribution in [0.4, 0.5) is 0 Å². The molecule has 8 nitrogen and oxygen atoms in total. The lowest BCUT2D eigenvalue weighted by Gasteiger charge is -2.34. The minimum Gasteiger partial charge on any atom is -0.466 e. The van der Waals surface area contributed by atoms with Crippen molar-refractivity contribution in [1.29, 1.82) is 0 Å². The molecule has 1 aromatic carbocycles. The lowest BCUT2D eigenvalue weighted by atomic mass is 9.98. The third-order valence-corrected chi connectivity index (χ3v) is 6.15. The molecule has 10 heteroatoms. The fourth-order valence-electron chi connectivity index (χ4n) is 3.19. The third-order valence-electron chi connectivity index (χ3n) is 4.67. The summed E-state index contributed by atoms with van der Waals surface area (Å²) in [6, 6.07) is 6.72. The zero-order valence-corrected chi connectivity index (χ0v) is 21.0. The van der Waals surface area contributed by atoms with Gasteiger partial charge in [-0.2, -0.15) is 0 Å². The number of sulfonamides is 1. The van der Waals surface area contributed by atoms with Crippen LogP contribution in [-0.4, -0.2) is 64.6 Å². The van der Waals surface area contributed by atoms with Gasteiger partial charge in [0.25, 0.3) is 0 Å². The predicted molar refractivity (Wildman–Crippen MR) is 129 cm³/mol. The van der Waals surface area contributed by atoms with Gasteiger partial charge in [0.15, 0.2) is 5.96 Å². The molecule has 1 aliphatic heterocycles. The molecule has 0 spiro atoms. The number of nitrogens with zero attached hydrogens (tertiary/aromatic N) is 2. The summed E-state index contributed by atoms with van der Waals surface area (Å²) in [6.07, 6.45) is 1.69. The Morgan fingerprint density at radius 2 is 1.97 bits per heavy atom. The summed E-state index contributed by atoms with van der Waals surface area (Å²) >= 11 is 0. The number of likely N-dealkylation sites (tertiary alicyclic amines) is 1. The van der Waals surface area contributed by atoms with E-state index in [0.717, 1.165) is 24.9 Å².